The Balaban J connectivity index is 2.40. The van der Waals surface area contributed by atoms with Gasteiger partial charge in [-0.15, -0.1) is 0 Å². The highest BCUT2D eigenvalue weighted by molar-refractivity contribution is 7.13. The molecule has 0 spiro atoms. The van der Waals surface area contributed by atoms with Crippen molar-refractivity contribution in [2.75, 3.05) is 0 Å². The van der Waals surface area contributed by atoms with E-state index in [1.165, 1.54) is 48.3 Å². The van der Waals surface area contributed by atoms with E-state index in [2.05, 4.69) is 30.4 Å². The summed E-state index contributed by atoms with van der Waals surface area (Å²) in [6, 6.07) is 4.34. The van der Waals surface area contributed by atoms with Gasteiger partial charge < -0.3 is 0 Å². The highest BCUT2D eigenvalue weighted by Crippen LogP contribution is 2.23. The van der Waals surface area contributed by atoms with Crippen LogP contribution in [-0.2, 0) is 12.8 Å². The normalized spacial score (nSPS) is 11.2. The molecule has 1 heterocycles. The number of benzene rings is 1. The minimum absolute atomic E-state index is 0.0646. The van der Waals surface area contributed by atoms with Gasteiger partial charge >= 0.3 is 0 Å². The molecule has 0 aliphatic rings. The lowest BCUT2D eigenvalue weighted by molar-refractivity contribution is 0.759. The van der Waals surface area contributed by atoms with Gasteiger partial charge in [-0.3, -0.25) is 9.17 Å². The van der Waals surface area contributed by atoms with Crippen molar-refractivity contribution >= 4 is 21.6 Å². The number of aromatic amines is 1. The van der Waals surface area contributed by atoms with Gasteiger partial charge in [-0.1, -0.05) is 38.2 Å². The minimum Gasteiger partial charge on any atom is -0.277 e. The molecule has 18 heavy (non-hydrogen) atoms. The molecular weight excluding hydrogens is 242 g/mol. The van der Waals surface area contributed by atoms with Gasteiger partial charge in [-0.2, -0.15) is 0 Å². The predicted molar refractivity (Wildman–Crippen MR) is 79.7 cm³/mol. The molecule has 0 fully saturated rings. The van der Waals surface area contributed by atoms with Crippen molar-refractivity contribution in [1.29, 1.82) is 0 Å². The molecule has 0 amide bonds. The van der Waals surface area contributed by atoms with Crippen LogP contribution < -0.4 is 5.56 Å². The Morgan fingerprint density at radius 3 is 2.28 bits per heavy atom. The van der Waals surface area contributed by atoms with E-state index in [4.69, 9.17) is 0 Å². The molecule has 0 saturated carbocycles. The van der Waals surface area contributed by atoms with Crippen LogP contribution in [0.4, 0.5) is 0 Å². The van der Waals surface area contributed by atoms with E-state index in [1.807, 2.05) is 0 Å². The Hall–Kier alpha value is -1.09. The van der Waals surface area contributed by atoms with Crippen LogP contribution in [0.3, 0.4) is 0 Å². The smallest absolute Gasteiger partial charge is 0.265 e. The number of hydrogen-bond donors (Lipinski definition) is 1. The van der Waals surface area contributed by atoms with Crippen molar-refractivity contribution in [3.05, 3.63) is 33.6 Å². The van der Waals surface area contributed by atoms with E-state index in [0.717, 1.165) is 22.9 Å². The first-order valence-corrected chi connectivity index (χ1v) is 7.70. The molecule has 3 heteroatoms. The zero-order valence-electron chi connectivity index (χ0n) is 11.2. The van der Waals surface area contributed by atoms with Gasteiger partial charge in [-0.05, 0) is 48.9 Å². The van der Waals surface area contributed by atoms with Crippen molar-refractivity contribution in [1.82, 2.24) is 4.37 Å². The van der Waals surface area contributed by atoms with Gasteiger partial charge in [0.15, 0.2) is 0 Å². The molecule has 98 valence electrons. The lowest BCUT2D eigenvalue weighted by Gasteiger charge is -2.09. The van der Waals surface area contributed by atoms with E-state index in [0.29, 0.717) is 0 Å². The molecule has 0 atom stereocenters. The number of unbranched alkanes of at least 4 members (excludes halogenated alkanes) is 2. The molecule has 1 N–H and O–H groups in total. The Morgan fingerprint density at radius 1 is 1.06 bits per heavy atom. The topological polar surface area (TPSA) is 32.9 Å². The molecule has 0 radical (unpaired) electrons. The van der Waals surface area contributed by atoms with Crippen LogP contribution in [0.15, 0.2) is 16.9 Å². The molecule has 2 aromatic rings. The lowest BCUT2D eigenvalue weighted by Crippen LogP contribution is -2.00. The third-order valence-electron chi connectivity index (χ3n) is 3.40. The fourth-order valence-electron chi connectivity index (χ4n) is 2.28. The second kappa shape index (κ2) is 6.19. The second-order valence-corrected chi connectivity index (χ2v) is 5.71. The Labute approximate surface area is 112 Å². The number of H-pyrrole nitrogens is 1. The van der Waals surface area contributed by atoms with Crippen LogP contribution in [0, 0.1) is 0 Å². The van der Waals surface area contributed by atoms with E-state index in [9.17, 15) is 4.79 Å². The molecule has 1 aromatic carbocycles. The number of fused-ring (bicyclic) bond motifs is 1. The summed E-state index contributed by atoms with van der Waals surface area (Å²) in [4.78, 5) is 11.7. The molecule has 0 saturated heterocycles. The summed E-state index contributed by atoms with van der Waals surface area (Å²) in [5, 5.41) is 0.867. The summed E-state index contributed by atoms with van der Waals surface area (Å²) in [7, 11) is 0. The standard InChI is InChI=1S/C15H21NOS/c1-3-5-7-11-9-13-14(18-16-15(13)17)10-12(11)8-6-4-2/h9-10H,3-8H2,1-2H3,(H,16,17). The quantitative estimate of drug-likeness (QED) is 0.829. The summed E-state index contributed by atoms with van der Waals surface area (Å²) in [5.74, 6) is 0. The van der Waals surface area contributed by atoms with Crippen LogP contribution in [-0.4, -0.2) is 4.37 Å². The SMILES string of the molecule is CCCCc1cc2s[nH]c(=O)c2cc1CCCC. The first kappa shape index (κ1) is 13.3. The number of aryl methyl sites for hydroxylation is 2. The van der Waals surface area contributed by atoms with Crippen LogP contribution in [0.25, 0.3) is 10.1 Å². The van der Waals surface area contributed by atoms with Gasteiger partial charge in [0.05, 0.1) is 10.1 Å². The fraction of sp³-hybridized carbons (Fsp3) is 0.533. The van der Waals surface area contributed by atoms with Crippen LogP contribution in [0.5, 0.6) is 0 Å². The first-order chi connectivity index (χ1) is 8.76. The summed E-state index contributed by atoms with van der Waals surface area (Å²) in [6.07, 6.45) is 7.08. The number of hydrogen-bond acceptors (Lipinski definition) is 2. The molecule has 0 bridgehead atoms. The van der Waals surface area contributed by atoms with Gasteiger partial charge in [0.2, 0.25) is 0 Å². The van der Waals surface area contributed by atoms with Gasteiger partial charge in [0, 0.05) is 0 Å². The maximum Gasteiger partial charge on any atom is 0.265 e. The average Bonchev–Trinajstić information content (AvgIpc) is 2.74. The van der Waals surface area contributed by atoms with Gasteiger partial charge in [0.1, 0.15) is 0 Å². The minimum atomic E-state index is 0.0646. The maximum atomic E-state index is 11.7. The fourth-order valence-corrected chi connectivity index (χ4v) is 3.06. The van der Waals surface area contributed by atoms with Crippen molar-refractivity contribution in [3.63, 3.8) is 0 Å². The van der Waals surface area contributed by atoms with Crippen molar-refractivity contribution in [2.45, 2.75) is 52.4 Å². The van der Waals surface area contributed by atoms with Gasteiger partial charge in [-0.25, -0.2) is 0 Å². The zero-order valence-corrected chi connectivity index (χ0v) is 12.0. The Kier molecular flexibility index (Phi) is 4.59. The highest BCUT2D eigenvalue weighted by atomic mass is 32.1. The first-order valence-electron chi connectivity index (χ1n) is 6.89. The molecular formula is C15H21NOS. The summed E-state index contributed by atoms with van der Waals surface area (Å²) in [6.45, 7) is 4.43. The lowest BCUT2D eigenvalue weighted by atomic mass is 9.97. The zero-order chi connectivity index (χ0) is 13.0. The maximum absolute atomic E-state index is 11.7. The van der Waals surface area contributed by atoms with Gasteiger partial charge in [0.25, 0.3) is 5.56 Å². The van der Waals surface area contributed by atoms with E-state index in [-0.39, 0.29) is 5.56 Å². The average molecular weight is 263 g/mol. The summed E-state index contributed by atoms with van der Waals surface area (Å²) < 4.78 is 3.93. The van der Waals surface area contributed by atoms with Crippen LogP contribution in [0.2, 0.25) is 0 Å². The monoisotopic (exact) mass is 263 g/mol. The second-order valence-electron chi connectivity index (χ2n) is 4.86. The summed E-state index contributed by atoms with van der Waals surface area (Å²) >= 11 is 1.46. The van der Waals surface area contributed by atoms with E-state index < -0.39 is 0 Å². The molecule has 0 aliphatic carbocycles. The number of nitrogens with one attached hydrogen (secondary N) is 1. The van der Waals surface area contributed by atoms with Crippen LogP contribution >= 0.6 is 11.5 Å². The molecule has 0 aliphatic heterocycles. The molecule has 1 aromatic heterocycles. The summed E-state index contributed by atoms with van der Waals surface area (Å²) in [5.41, 5.74) is 2.88. The Bertz CT molecular complexity index is 567. The van der Waals surface area contributed by atoms with Crippen molar-refractivity contribution in [2.24, 2.45) is 0 Å². The van der Waals surface area contributed by atoms with Crippen molar-refractivity contribution < 1.29 is 0 Å². The predicted octanol–water partition coefficient (Wildman–Crippen LogP) is 4.27. The van der Waals surface area contributed by atoms with E-state index >= 15 is 0 Å². The largest absolute Gasteiger partial charge is 0.277 e. The third kappa shape index (κ3) is 2.83. The molecule has 2 nitrogen and oxygen atoms in total. The number of rotatable bonds is 6. The molecule has 0 unspecified atom stereocenters. The third-order valence-corrected chi connectivity index (χ3v) is 4.24. The van der Waals surface area contributed by atoms with Crippen LogP contribution in [0.1, 0.15) is 50.7 Å². The van der Waals surface area contributed by atoms with Crippen molar-refractivity contribution in [3.8, 4) is 0 Å². The van der Waals surface area contributed by atoms with E-state index in [1.54, 1.807) is 0 Å². The Morgan fingerprint density at radius 2 is 1.67 bits per heavy atom. The number of aromatic nitrogens is 1. The highest BCUT2D eigenvalue weighted by Gasteiger charge is 2.08. The molecule has 2 rings (SSSR count).